The molecular weight excluding hydrogens is 330 g/mol. The van der Waals surface area contributed by atoms with Gasteiger partial charge >= 0.3 is 0 Å². The first-order chi connectivity index (χ1) is 9.13. The van der Waals surface area contributed by atoms with Crippen molar-refractivity contribution in [1.29, 1.82) is 0 Å². The van der Waals surface area contributed by atoms with E-state index in [0.29, 0.717) is 16.8 Å². The van der Waals surface area contributed by atoms with Gasteiger partial charge in [0.15, 0.2) is 5.82 Å². The van der Waals surface area contributed by atoms with Gasteiger partial charge in [0.05, 0.1) is 5.02 Å². The van der Waals surface area contributed by atoms with E-state index in [1.165, 1.54) is 0 Å². The van der Waals surface area contributed by atoms with Crippen LogP contribution in [0.15, 0.2) is 22.7 Å². The molecule has 7 heteroatoms. The summed E-state index contributed by atoms with van der Waals surface area (Å²) < 4.78 is 0.864. The maximum absolute atomic E-state index is 6.08. The molecule has 0 saturated carbocycles. The largest absolute Gasteiger partial charge is 0.338 e. The molecule has 1 atom stereocenters. The maximum Gasteiger partial charge on any atom is 0.245 e. The lowest BCUT2D eigenvalue weighted by Gasteiger charge is -2.11. The smallest absolute Gasteiger partial charge is 0.245 e. The van der Waals surface area contributed by atoms with E-state index >= 15 is 0 Å². The molecule has 1 unspecified atom stereocenters. The first-order valence-corrected chi connectivity index (χ1v) is 7.19. The van der Waals surface area contributed by atoms with E-state index in [1.807, 2.05) is 18.2 Å². The number of H-pyrrole nitrogens is 1. The van der Waals surface area contributed by atoms with Gasteiger partial charge in [-0.25, -0.2) is 0 Å². The molecule has 1 aliphatic heterocycles. The average molecular weight is 343 g/mol. The number of hydrogen-bond donors (Lipinski definition) is 2. The molecule has 1 aliphatic rings. The molecule has 5 nitrogen and oxygen atoms in total. The highest BCUT2D eigenvalue weighted by atomic mass is 79.9. The number of rotatable bonds is 2. The summed E-state index contributed by atoms with van der Waals surface area (Å²) in [6, 6.07) is 5.90. The van der Waals surface area contributed by atoms with Crippen LogP contribution in [-0.4, -0.2) is 34.3 Å². The number of nitrogens with one attached hydrogen (secondary N) is 1. The Bertz CT molecular complexity index is 600. The lowest BCUT2D eigenvalue weighted by atomic mass is 10.2. The molecule has 0 bridgehead atoms. The lowest BCUT2D eigenvalue weighted by molar-refractivity contribution is 0.750. The van der Waals surface area contributed by atoms with Crippen molar-refractivity contribution >= 4 is 33.5 Å². The minimum absolute atomic E-state index is 0.212. The highest BCUT2D eigenvalue weighted by molar-refractivity contribution is 9.10. The fraction of sp³-hybridized carbons (Fsp3) is 0.333. The predicted molar refractivity (Wildman–Crippen MR) is 79.3 cm³/mol. The monoisotopic (exact) mass is 341 g/mol. The van der Waals surface area contributed by atoms with Crippen LogP contribution in [-0.2, 0) is 0 Å². The number of nitrogens with zero attached hydrogens (tertiary/aromatic N) is 3. The molecule has 19 heavy (non-hydrogen) atoms. The van der Waals surface area contributed by atoms with Crippen molar-refractivity contribution < 1.29 is 0 Å². The van der Waals surface area contributed by atoms with E-state index in [1.54, 1.807) is 0 Å². The number of nitrogens with two attached hydrogens (primary N) is 1. The molecule has 1 fully saturated rings. The number of aromatic amines is 1. The second kappa shape index (κ2) is 5.11. The molecule has 2 heterocycles. The third-order valence-electron chi connectivity index (χ3n) is 3.17. The van der Waals surface area contributed by atoms with Crippen molar-refractivity contribution in [3.63, 3.8) is 0 Å². The van der Waals surface area contributed by atoms with Crippen molar-refractivity contribution in [2.75, 3.05) is 18.0 Å². The van der Waals surface area contributed by atoms with Gasteiger partial charge in [0.1, 0.15) is 0 Å². The van der Waals surface area contributed by atoms with Crippen LogP contribution in [0.3, 0.4) is 0 Å². The molecule has 0 aliphatic carbocycles. The number of halogens is 2. The van der Waals surface area contributed by atoms with Crippen molar-refractivity contribution in [3.8, 4) is 11.4 Å². The van der Waals surface area contributed by atoms with Crippen LogP contribution in [0, 0.1) is 0 Å². The molecule has 100 valence electrons. The van der Waals surface area contributed by atoms with Gasteiger partial charge in [-0.1, -0.05) is 11.6 Å². The van der Waals surface area contributed by atoms with Gasteiger partial charge in [-0.3, -0.25) is 5.10 Å². The minimum Gasteiger partial charge on any atom is -0.338 e. The summed E-state index contributed by atoms with van der Waals surface area (Å²) in [6.07, 6.45) is 0.980. The van der Waals surface area contributed by atoms with Gasteiger partial charge in [0.25, 0.3) is 0 Å². The zero-order chi connectivity index (χ0) is 13.4. The standard InChI is InChI=1S/C12H13BrClN5/c13-9-2-1-7(5-10(9)14)11-16-12(18-17-11)19-4-3-8(15)6-19/h1-2,5,8H,3-4,6,15H2,(H,16,17,18). The quantitative estimate of drug-likeness (QED) is 0.879. The molecule has 1 aromatic carbocycles. The summed E-state index contributed by atoms with van der Waals surface area (Å²) in [5, 5.41) is 7.84. The Morgan fingerprint density at radius 1 is 1.47 bits per heavy atom. The van der Waals surface area contributed by atoms with Gasteiger partial charge in [-0.05, 0) is 40.5 Å². The van der Waals surface area contributed by atoms with Crippen LogP contribution < -0.4 is 10.6 Å². The van der Waals surface area contributed by atoms with E-state index in [0.717, 1.165) is 29.5 Å². The first-order valence-electron chi connectivity index (χ1n) is 6.02. The van der Waals surface area contributed by atoms with Gasteiger partial charge in [0, 0.05) is 29.2 Å². The highest BCUT2D eigenvalue weighted by Crippen LogP contribution is 2.28. The molecule has 3 N–H and O–H groups in total. The summed E-state index contributed by atoms with van der Waals surface area (Å²) in [5.41, 5.74) is 6.80. The van der Waals surface area contributed by atoms with Crippen LogP contribution in [0.25, 0.3) is 11.4 Å². The fourth-order valence-corrected chi connectivity index (χ4v) is 2.56. The van der Waals surface area contributed by atoms with Crippen molar-refractivity contribution in [2.24, 2.45) is 5.73 Å². The normalized spacial score (nSPS) is 19.1. The number of anilines is 1. The van der Waals surface area contributed by atoms with Crippen LogP contribution in [0.5, 0.6) is 0 Å². The predicted octanol–water partition coefficient (Wildman–Crippen LogP) is 2.42. The number of benzene rings is 1. The molecule has 1 aromatic heterocycles. The fourth-order valence-electron chi connectivity index (χ4n) is 2.14. The van der Waals surface area contributed by atoms with E-state index in [9.17, 15) is 0 Å². The Morgan fingerprint density at radius 3 is 3.00 bits per heavy atom. The minimum atomic E-state index is 0.212. The highest BCUT2D eigenvalue weighted by Gasteiger charge is 2.22. The maximum atomic E-state index is 6.08. The molecule has 3 rings (SSSR count). The molecule has 2 aromatic rings. The van der Waals surface area contributed by atoms with E-state index in [2.05, 4.69) is 36.0 Å². The van der Waals surface area contributed by atoms with E-state index < -0.39 is 0 Å². The second-order valence-electron chi connectivity index (χ2n) is 4.61. The van der Waals surface area contributed by atoms with Gasteiger partial charge in [-0.2, -0.15) is 4.98 Å². The van der Waals surface area contributed by atoms with Crippen LogP contribution in [0.2, 0.25) is 5.02 Å². The Labute approximate surface area is 124 Å². The van der Waals surface area contributed by atoms with Crippen LogP contribution in [0.1, 0.15) is 6.42 Å². The molecule has 0 radical (unpaired) electrons. The number of hydrogen-bond acceptors (Lipinski definition) is 4. The van der Waals surface area contributed by atoms with Crippen molar-refractivity contribution in [2.45, 2.75) is 12.5 Å². The van der Waals surface area contributed by atoms with Gasteiger partial charge in [-0.15, -0.1) is 5.10 Å². The first kappa shape index (κ1) is 12.9. The summed E-state index contributed by atoms with van der Waals surface area (Å²) >= 11 is 9.45. The Morgan fingerprint density at radius 2 is 2.32 bits per heavy atom. The molecule has 0 spiro atoms. The third-order valence-corrected chi connectivity index (χ3v) is 4.41. The van der Waals surface area contributed by atoms with Crippen molar-refractivity contribution in [3.05, 3.63) is 27.7 Å². The summed E-state index contributed by atoms with van der Waals surface area (Å²) in [6.45, 7) is 1.71. The van der Waals surface area contributed by atoms with Crippen molar-refractivity contribution in [1.82, 2.24) is 15.2 Å². The summed E-state index contributed by atoms with van der Waals surface area (Å²) in [4.78, 5) is 6.59. The SMILES string of the molecule is NC1CCN(c2n[nH]c(-c3ccc(Br)c(Cl)c3)n2)C1. The Kier molecular flexibility index (Phi) is 3.47. The Balaban J connectivity index is 1.86. The average Bonchev–Trinajstić information content (AvgIpc) is 3.01. The Hall–Kier alpha value is -1.11. The second-order valence-corrected chi connectivity index (χ2v) is 5.87. The lowest BCUT2D eigenvalue weighted by Crippen LogP contribution is -2.26. The molecule has 1 saturated heterocycles. The van der Waals surface area contributed by atoms with Crippen LogP contribution >= 0.6 is 27.5 Å². The van der Waals surface area contributed by atoms with Gasteiger partial charge < -0.3 is 10.6 Å². The summed E-state index contributed by atoms with van der Waals surface area (Å²) in [7, 11) is 0. The van der Waals surface area contributed by atoms with Gasteiger partial charge in [0.2, 0.25) is 5.95 Å². The van der Waals surface area contributed by atoms with Crippen LogP contribution in [0.4, 0.5) is 5.95 Å². The van der Waals surface area contributed by atoms with E-state index in [-0.39, 0.29) is 6.04 Å². The third kappa shape index (κ3) is 2.61. The zero-order valence-electron chi connectivity index (χ0n) is 10.1. The zero-order valence-corrected chi connectivity index (χ0v) is 12.4. The number of aromatic nitrogens is 3. The summed E-state index contributed by atoms with van der Waals surface area (Å²) in [5.74, 6) is 1.41. The van der Waals surface area contributed by atoms with E-state index in [4.69, 9.17) is 17.3 Å². The molecule has 0 amide bonds. The topological polar surface area (TPSA) is 70.8 Å². The molecular formula is C12H13BrClN5.